The number of hydrogen-bond acceptors (Lipinski definition) is 2. The Morgan fingerprint density at radius 1 is 1.09 bits per heavy atom. The highest BCUT2D eigenvalue weighted by atomic mass is 79.9. The average Bonchev–Trinajstić information content (AvgIpc) is 2.49. The average molecular weight is 384 g/mol. The van der Waals surface area contributed by atoms with Crippen LogP contribution in [0.2, 0.25) is 0 Å². The van der Waals surface area contributed by atoms with Gasteiger partial charge in [-0.15, -0.1) is 12.4 Å². The molecule has 0 saturated carbocycles. The first-order valence-corrected chi connectivity index (χ1v) is 7.70. The van der Waals surface area contributed by atoms with Gasteiger partial charge in [-0.1, -0.05) is 46.3 Å². The Hall–Kier alpha value is -1.36. The Morgan fingerprint density at radius 3 is 2.36 bits per heavy atom. The van der Waals surface area contributed by atoms with Crippen molar-refractivity contribution in [2.24, 2.45) is 0 Å². The number of carbonyl (C=O) groups is 1. The van der Waals surface area contributed by atoms with Crippen LogP contribution < -0.4 is 5.32 Å². The van der Waals surface area contributed by atoms with Crippen molar-refractivity contribution in [1.82, 2.24) is 4.90 Å². The summed E-state index contributed by atoms with van der Waals surface area (Å²) in [5.74, 6) is 0.0391. The zero-order chi connectivity index (χ0) is 15.1. The Kier molecular flexibility index (Phi) is 8.17. The minimum atomic E-state index is 0. The molecule has 0 aliphatic heterocycles. The van der Waals surface area contributed by atoms with E-state index in [1.165, 1.54) is 5.56 Å². The summed E-state index contributed by atoms with van der Waals surface area (Å²) in [5, 5.41) is 2.90. The molecule has 0 atom stereocenters. The van der Waals surface area contributed by atoms with Crippen LogP contribution in [0.1, 0.15) is 12.0 Å². The van der Waals surface area contributed by atoms with E-state index >= 15 is 0 Å². The van der Waals surface area contributed by atoms with Crippen LogP contribution in [-0.2, 0) is 11.3 Å². The summed E-state index contributed by atoms with van der Waals surface area (Å²) in [6, 6.07) is 17.9. The quantitative estimate of drug-likeness (QED) is 0.805. The molecule has 0 spiro atoms. The van der Waals surface area contributed by atoms with Gasteiger partial charge in [-0.25, -0.2) is 0 Å². The summed E-state index contributed by atoms with van der Waals surface area (Å²) in [5.41, 5.74) is 2.09. The highest BCUT2D eigenvalue weighted by Gasteiger charge is 2.05. The number of nitrogens with zero attached hydrogens (tertiary/aromatic N) is 1. The number of nitrogens with one attached hydrogen (secondary N) is 1. The zero-order valence-electron chi connectivity index (χ0n) is 12.5. The topological polar surface area (TPSA) is 32.3 Å². The molecule has 3 nitrogen and oxygen atoms in total. The second-order valence-electron chi connectivity index (χ2n) is 5.03. The number of anilines is 1. The van der Waals surface area contributed by atoms with Gasteiger partial charge in [0.15, 0.2) is 0 Å². The lowest BCUT2D eigenvalue weighted by Gasteiger charge is -2.16. The molecule has 0 fully saturated rings. The first kappa shape index (κ1) is 18.7. The van der Waals surface area contributed by atoms with Gasteiger partial charge in [0.2, 0.25) is 5.91 Å². The molecule has 1 amide bonds. The fourth-order valence-electron chi connectivity index (χ4n) is 2.02. The number of hydrogen-bond donors (Lipinski definition) is 1. The number of carbonyl (C=O) groups excluding carboxylic acids is 1. The maximum atomic E-state index is 11.9. The second kappa shape index (κ2) is 9.62. The summed E-state index contributed by atoms with van der Waals surface area (Å²) < 4.78 is 1.00. The van der Waals surface area contributed by atoms with E-state index < -0.39 is 0 Å². The predicted molar refractivity (Wildman–Crippen MR) is 97.4 cm³/mol. The highest BCUT2D eigenvalue weighted by Crippen LogP contribution is 2.14. The fourth-order valence-corrected chi connectivity index (χ4v) is 2.29. The molecule has 0 radical (unpaired) electrons. The monoisotopic (exact) mass is 382 g/mol. The van der Waals surface area contributed by atoms with Crippen molar-refractivity contribution in [1.29, 1.82) is 0 Å². The van der Waals surface area contributed by atoms with Crippen LogP contribution in [0.5, 0.6) is 0 Å². The van der Waals surface area contributed by atoms with Crippen LogP contribution in [0.15, 0.2) is 59.1 Å². The van der Waals surface area contributed by atoms with Crippen LogP contribution in [0, 0.1) is 0 Å². The molecule has 0 unspecified atom stereocenters. The molecule has 0 aliphatic rings. The third-order valence-electron chi connectivity index (χ3n) is 3.14. The lowest BCUT2D eigenvalue weighted by Crippen LogP contribution is -2.24. The first-order valence-electron chi connectivity index (χ1n) is 6.91. The normalized spacial score (nSPS) is 10.1. The molecular weight excluding hydrogens is 364 g/mol. The lowest BCUT2D eigenvalue weighted by atomic mass is 10.2. The van der Waals surface area contributed by atoms with E-state index in [9.17, 15) is 4.79 Å². The van der Waals surface area contributed by atoms with Crippen LogP contribution in [0.4, 0.5) is 5.69 Å². The predicted octanol–water partition coefficient (Wildman–Crippen LogP) is 4.33. The smallest absolute Gasteiger partial charge is 0.225 e. The van der Waals surface area contributed by atoms with E-state index in [1.807, 2.05) is 49.5 Å². The molecule has 5 heteroatoms. The summed E-state index contributed by atoms with van der Waals surface area (Å²) in [4.78, 5) is 14.1. The Labute approximate surface area is 146 Å². The van der Waals surface area contributed by atoms with Crippen LogP contribution >= 0.6 is 28.3 Å². The van der Waals surface area contributed by atoms with Gasteiger partial charge in [-0.3, -0.25) is 4.79 Å². The standard InChI is InChI=1S/C17H19BrN2O.ClH/c1-20(13-14-5-3-2-4-6-14)12-11-17(21)19-16-9-7-15(18)8-10-16;/h2-10H,11-13H2,1H3,(H,19,21);1H. The number of benzene rings is 2. The van der Waals surface area contributed by atoms with E-state index in [4.69, 9.17) is 0 Å². The lowest BCUT2D eigenvalue weighted by molar-refractivity contribution is -0.116. The number of halogens is 2. The third kappa shape index (κ3) is 6.60. The van der Waals surface area contributed by atoms with Crippen molar-refractivity contribution in [3.8, 4) is 0 Å². The Bertz CT molecular complexity index is 575. The van der Waals surface area contributed by atoms with Crippen LogP contribution in [0.25, 0.3) is 0 Å². The fraction of sp³-hybridized carbons (Fsp3) is 0.235. The molecule has 0 bridgehead atoms. The minimum Gasteiger partial charge on any atom is -0.326 e. The van der Waals surface area contributed by atoms with Crippen LogP contribution in [0.3, 0.4) is 0 Å². The Morgan fingerprint density at radius 2 is 1.73 bits per heavy atom. The minimum absolute atomic E-state index is 0. The van der Waals surface area contributed by atoms with Gasteiger partial charge in [-0.2, -0.15) is 0 Å². The maximum Gasteiger partial charge on any atom is 0.225 e. The third-order valence-corrected chi connectivity index (χ3v) is 3.67. The van der Waals surface area contributed by atoms with Crippen molar-refractivity contribution in [3.05, 3.63) is 64.6 Å². The molecule has 0 aromatic heterocycles. The zero-order valence-corrected chi connectivity index (χ0v) is 14.9. The van der Waals surface area contributed by atoms with Gasteiger partial charge in [0.1, 0.15) is 0 Å². The summed E-state index contributed by atoms with van der Waals surface area (Å²) in [6.45, 7) is 1.59. The van der Waals surface area contributed by atoms with Crippen molar-refractivity contribution < 1.29 is 4.79 Å². The van der Waals surface area contributed by atoms with E-state index in [2.05, 4.69) is 38.3 Å². The molecule has 2 rings (SSSR count). The molecular formula is C17H20BrClN2O. The van der Waals surface area contributed by atoms with Crippen molar-refractivity contribution in [3.63, 3.8) is 0 Å². The largest absolute Gasteiger partial charge is 0.326 e. The van der Waals surface area contributed by atoms with Gasteiger partial charge in [0.25, 0.3) is 0 Å². The SMILES string of the molecule is CN(CCC(=O)Nc1ccc(Br)cc1)Cc1ccccc1.Cl. The second-order valence-corrected chi connectivity index (χ2v) is 5.94. The highest BCUT2D eigenvalue weighted by molar-refractivity contribution is 9.10. The van der Waals surface area contributed by atoms with Gasteiger partial charge in [0, 0.05) is 29.7 Å². The van der Waals surface area contributed by atoms with Crippen molar-refractivity contribution in [2.75, 3.05) is 18.9 Å². The molecule has 0 aliphatic carbocycles. The molecule has 118 valence electrons. The molecule has 0 heterocycles. The molecule has 2 aromatic carbocycles. The van der Waals surface area contributed by atoms with Gasteiger partial charge in [0.05, 0.1) is 0 Å². The van der Waals surface area contributed by atoms with Gasteiger partial charge < -0.3 is 10.2 Å². The summed E-state index contributed by atoms with van der Waals surface area (Å²) in [7, 11) is 2.03. The summed E-state index contributed by atoms with van der Waals surface area (Å²) >= 11 is 3.37. The maximum absolute atomic E-state index is 11.9. The van der Waals surface area contributed by atoms with Gasteiger partial charge in [-0.05, 0) is 36.9 Å². The number of amides is 1. The molecule has 2 aromatic rings. The van der Waals surface area contributed by atoms with E-state index in [1.54, 1.807) is 0 Å². The summed E-state index contributed by atoms with van der Waals surface area (Å²) in [6.07, 6.45) is 0.486. The van der Waals surface area contributed by atoms with Gasteiger partial charge >= 0.3 is 0 Å². The molecule has 1 N–H and O–H groups in total. The van der Waals surface area contributed by atoms with Crippen molar-refractivity contribution >= 4 is 39.9 Å². The number of rotatable bonds is 6. The van der Waals surface area contributed by atoms with E-state index in [-0.39, 0.29) is 18.3 Å². The van der Waals surface area contributed by atoms with Crippen molar-refractivity contribution in [2.45, 2.75) is 13.0 Å². The van der Waals surface area contributed by atoms with E-state index in [0.717, 1.165) is 23.2 Å². The molecule has 22 heavy (non-hydrogen) atoms. The van der Waals surface area contributed by atoms with Crippen LogP contribution in [-0.4, -0.2) is 24.4 Å². The first-order chi connectivity index (χ1) is 10.1. The molecule has 0 saturated heterocycles. The van der Waals surface area contributed by atoms with E-state index in [0.29, 0.717) is 6.42 Å². The Balaban J connectivity index is 0.00000242.